The maximum absolute atomic E-state index is 14.9. The normalized spacial score (nSPS) is 23.2. The van der Waals surface area contributed by atoms with Gasteiger partial charge in [0.2, 0.25) is 0 Å². The second-order valence-electron chi connectivity index (χ2n) is 10.8. The predicted octanol–water partition coefficient (Wildman–Crippen LogP) is 4.92. The fourth-order valence-electron chi connectivity index (χ4n) is 6.58. The van der Waals surface area contributed by atoms with Gasteiger partial charge in [-0.25, -0.2) is 14.2 Å². The van der Waals surface area contributed by atoms with Crippen molar-refractivity contribution in [1.82, 2.24) is 9.55 Å². The fourth-order valence-corrected chi connectivity index (χ4v) is 6.58. The third-order valence-corrected chi connectivity index (χ3v) is 8.54. The van der Waals surface area contributed by atoms with Crippen molar-refractivity contribution in [2.75, 3.05) is 18.6 Å². The van der Waals surface area contributed by atoms with E-state index in [1.165, 1.54) is 13.2 Å². The smallest absolute Gasteiger partial charge is 0.414 e. The molecular formula is C29H32FN3O6. The van der Waals surface area contributed by atoms with Crippen LogP contribution in [0, 0.1) is 11.7 Å². The number of aliphatic hydroxyl groups excluding tert-OH is 1. The van der Waals surface area contributed by atoms with Gasteiger partial charge in [-0.05, 0) is 68.9 Å². The zero-order valence-electron chi connectivity index (χ0n) is 22.0. The quantitative estimate of drug-likeness (QED) is 0.486. The van der Waals surface area contributed by atoms with E-state index in [1.54, 1.807) is 11.0 Å². The van der Waals surface area contributed by atoms with Gasteiger partial charge >= 0.3 is 12.1 Å². The van der Waals surface area contributed by atoms with Crippen LogP contribution in [0.3, 0.4) is 0 Å². The van der Waals surface area contributed by atoms with E-state index in [0.29, 0.717) is 66.9 Å². The van der Waals surface area contributed by atoms with Crippen LogP contribution >= 0.6 is 0 Å². The van der Waals surface area contributed by atoms with Crippen LogP contribution in [-0.4, -0.2) is 51.6 Å². The molecule has 6 rings (SSSR count). The minimum atomic E-state index is -1.24. The van der Waals surface area contributed by atoms with Gasteiger partial charge in [-0.2, -0.15) is 0 Å². The summed E-state index contributed by atoms with van der Waals surface area (Å²) in [6.45, 7) is 2.36. The lowest BCUT2D eigenvalue weighted by Gasteiger charge is -2.34. The lowest BCUT2D eigenvalue weighted by molar-refractivity contribution is -0.143. The number of nitrogens with zero attached hydrogens (tertiary/aromatic N) is 3. The number of methoxy groups -OCH3 is 1. The average molecular weight is 538 g/mol. The highest BCUT2D eigenvalue weighted by Gasteiger charge is 2.36. The molecule has 0 saturated heterocycles. The van der Waals surface area contributed by atoms with E-state index in [4.69, 9.17) is 14.5 Å². The third-order valence-electron chi connectivity index (χ3n) is 8.54. The van der Waals surface area contributed by atoms with Gasteiger partial charge in [-0.3, -0.25) is 9.69 Å². The molecule has 4 atom stereocenters. The van der Waals surface area contributed by atoms with Crippen molar-refractivity contribution in [3.05, 3.63) is 52.6 Å². The van der Waals surface area contributed by atoms with Crippen LogP contribution in [0.2, 0.25) is 0 Å². The Hall–Kier alpha value is -3.66. The molecule has 0 radical (unpaired) electrons. The molecule has 0 unspecified atom stereocenters. The molecule has 9 nitrogen and oxygen atoms in total. The summed E-state index contributed by atoms with van der Waals surface area (Å²) in [5.74, 6) is -1.27. The number of hydrogen-bond acceptors (Lipinski definition) is 6. The first-order valence-electron chi connectivity index (χ1n) is 13.5. The molecule has 2 aliphatic heterocycles. The zero-order chi connectivity index (χ0) is 27.4. The second-order valence-corrected chi connectivity index (χ2v) is 10.8. The summed E-state index contributed by atoms with van der Waals surface area (Å²) in [6.07, 6.45) is 2.76. The highest BCUT2D eigenvalue weighted by Crippen LogP contribution is 2.43. The lowest BCUT2D eigenvalue weighted by atomic mass is 9.85. The molecule has 206 valence electrons. The van der Waals surface area contributed by atoms with Crippen molar-refractivity contribution >= 4 is 28.8 Å². The monoisotopic (exact) mass is 537 g/mol. The maximum Gasteiger partial charge on any atom is 0.414 e. The summed E-state index contributed by atoms with van der Waals surface area (Å²) in [7, 11) is 1.35. The van der Waals surface area contributed by atoms with E-state index in [-0.39, 0.29) is 17.8 Å². The number of benzene rings is 2. The van der Waals surface area contributed by atoms with Crippen molar-refractivity contribution in [1.29, 1.82) is 0 Å². The standard InChI is InChI=1S/C29H32FN3O6/c1-15-6-7-20-22(32(15)29(37)38-2)8-9-23-24(20)31-27(33(23)19-5-3-4-17(13-19)28(35)36)25(34)18-12-16-10-11-39-26(16)21(30)14-18/h8-9,12,14-15,17,19,25,34H,3-7,10-11,13H2,1-2H3,(H,35,36)/t15-,17+,19+,25-/m0/s1. The van der Waals surface area contributed by atoms with E-state index in [1.807, 2.05) is 23.6 Å². The molecule has 10 heteroatoms. The van der Waals surface area contributed by atoms with Crippen molar-refractivity contribution < 1.29 is 33.7 Å². The summed E-state index contributed by atoms with van der Waals surface area (Å²) in [4.78, 5) is 31.1. The van der Waals surface area contributed by atoms with Crippen LogP contribution in [0.25, 0.3) is 11.0 Å². The number of aliphatic carboxylic acids is 1. The van der Waals surface area contributed by atoms with Crippen molar-refractivity contribution in [3.8, 4) is 5.75 Å². The number of amides is 1. The molecule has 1 aromatic heterocycles. The number of halogens is 1. The van der Waals surface area contributed by atoms with Gasteiger partial charge in [-0.15, -0.1) is 0 Å². The lowest BCUT2D eigenvalue weighted by Crippen LogP contribution is -2.42. The number of carboxylic acid groups (broad SMARTS) is 1. The summed E-state index contributed by atoms with van der Waals surface area (Å²) in [5.41, 5.74) is 4.09. The topological polar surface area (TPSA) is 114 Å². The highest BCUT2D eigenvalue weighted by atomic mass is 19.1. The Morgan fingerprint density at radius 2 is 2.03 bits per heavy atom. The first kappa shape index (κ1) is 25.6. The Labute approximate surface area is 225 Å². The van der Waals surface area contributed by atoms with Crippen LogP contribution in [-0.2, 0) is 22.4 Å². The molecule has 0 bridgehead atoms. The molecule has 1 amide bonds. The number of aromatic nitrogens is 2. The molecule has 2 N–H and O–H groups in total. The molecule has 3 heterocycles. The molecule has 1 saturated carbocycles. The summed E-state index contributed by atoms with van der Waals surface area (Å²) in [5, 5.41) is 21.4. The highest BCUT2D eigenvalue weighted by molar-refractivity contribution is 5.95. The van der Waals surface area contributed by atoms with Crippen molar-refractivity contribution in [2.24, 2.45) is 5.92 Å². The van der Waals surface area contributed by atoms with Crippen LogP contribution in [0.4, 0.5) is 14.9 Å². The third kappa shape index (κ3) is 4.21. The van der Waals surface area contributed by atoms with Gasteiger partial charge in [0.25, 0.3) is 0 Å². The minimum Gasteiger partial charge on any atom is -0.490 e. The number of hydrogen-bond donors (Lipinski definition) is 2. The van der Waals surface area contributed by atoms with E-state index in [0.717, 1.165) is 23.9 Å². The number of carbonyl (C=O) groups excluding carboxylic acids is 1. The Morgan fingerprint density at radius 3 is 2.79 bits per heavy atom. The van der Waals surface area contributed by atoms with Gasteiger partial charge < -0.3 is 24.3 Å². The molecular weight excluding hydrogens is 505 g/mol. The van der Waals surface area contributed by atoms with Gasteiger partial charge in [-0.1, -0.05) is 6.42 Å². The number of aliphatic hydroxyl groups is 1. The number of carbonyl (C=O) groups is 2. The summed E-state index contributed by atoms with van der Waals surface area (Å²) >= 11 is 0. The number of anilines is 1. The van der Waals surface area contributed by atoms with Gasteiger partial charge in [0.1, 0.15) is 11.9 Å². The van der Waals surface area contributed by atoms with E-state index in [2.05, 4.69) is 0 Å². The van der Waals surface area contributed by atoms with E-state index < -0.39 is 29.9 Å². The molecule has 0 spiro atoms. The molecule has 3 aromatic rings. The van der Waals surface area contributed by atoms with Crippen LogP contribution in [0.5, 0.6) is 5.75 Å². The van der Waals surface area contributed by atoms with Gasteiger partial charge in [0, 0.05) is 29.6 Å². The van der Waals surface area contributed by atoms with Crippen molar-refractivity contribution in [2.45, 2.75) is 70.1 Å². The first-order chi connectivity index (χ1) is 18.8. The summed E-state index contributed by atoms with van der Waals surface area (Å²) in [6, 6.07) is 6.55. The number of carboxylic acids is 1. The molecule has 1 aliphatic carbocycles. The largest absolute Gasteiger partial charge is 0.490 e. The van der Waals surface area contributed by atoms with E-state index >= 15 is 0 Å². The number of aryl methyl sites for hydroxylation is 1. The van der Waals surface area contributed by atoms with Crippen LogP contribution in [0.15, 0.2) is 24.3 Å². The molecule has 3 aliphatic rings. The first-order valence-corrected chi connectivity index (χ1v) is 13.5. The van der Waals surface area contributed by atoms with Gasteiger partial charge in [0.05, 0.1) is 36.4 Å². The Morgan fingerprint density at radius 1 is 1.21 bits per heavy atom. The number of ether oxygens (including phenoxy) is 2. The SMILES string of the molecule is COC(=O)N1c2ccc3c(nc([C@@H](O)c4cc(F)c5c(c4)CCO5)n3[C@@H]3CCC[C@@H](C(=O)O)C3)c2CC[C@@H]1C. The Kier molecular flexibility index (Phi) is 6.45. The maximum atomic E-state index is 14.9. The van der Waals surface area contributed by atoms with Crippen molar-refractivity contribution in [3.63, 3.8) is 0 Å². The number of imidazole rings is 1. The molecule has 39 heavy (non-hydrogen) atoms. The van der Waals surface area contributed by atoms with Crippen LogP contribution < -0.4 is 9.64 Å². The second kappa shape index (κ2) is 9.82. The molecule has 2 aromatic carbocycles. The average Bonchev–Trinajstić information content (AvgIpc) is 3.57. The minimum absolute atomic E-state index is 0.0548. The Balaban J connectivity index is 1.53. The van der Waals surface area contributed by atoms with Crippen LogP contribution in [0.1, 0.15) is 73.7 Å². The summed E-state index contributed by atoms with van der Waals surface area (Å²) < 4.78 is 27.3. The zero-order valence-corrected chi connectivity index (χ0v) is 22.0. The number of rotatable bonds is 4. The fraction of sp³-hybridized carbons (Fsp3) is 0.483. The molecule has 1 fully saturated rings. The predicted molar refractivity (Wildman–Crippen MR) is 141 cm³/mol. The Bertz CT molecular complexity index is 1470. The number of fused-ring (bicyclic) bond motifs is 4. The van der Waals surface area contributed by atoms with Gasteiger partial charge in [0.15, 0.2) is 11.6 Å². The van der Waals surface area contributed by atoms with E-state index in [9.17, 15) is 24.2 Å².